The second kappa shape index (κ2) is 11.7. The molecule has 40 heavy (non-hydrogen) atoms. The lowest BCUT2D eigenvalue weighted by molar-refractivity contribution is -0.209. The topological polar surface area (TPSA) is 120 Å². The molecule has 9 nitrogen and oxygen atoms in total. The highest BCUT2D eigenvalue weighted by Crippen LogP contribution is 2.59. The first-order valence-corrected chi connectivity index (χ1v) is 15.2. The van der Waals surface area contributed by atoms with E-state index in [4.69, 9.17) is 18.9 Å². The Labute approximate surface area is 248 Å². The van der Waals surface area contributed by atoms with Crippen molar-refractivity contribution in [2.24, 2.45) is 11.8 Å². The van der Waals surface area contributed by atoms with E-state index >= 15 is 0 Å². The number of hydrogen-bond donors (Lipinski definition) is 2. The molecule has 2 saturated carbocycles. The number of halogens is 1. The molecule has 3 fully saturated rings. The Morgan fingerprint density at radius 3 is 2.40 bits per heavy atom. The average molecular weight is 668 g/mol. The van der Waals surface area contributed by atoms with Crippen LogP contribution in [0.2, 0.25) is 0 Å². The highest BCUT2D eigenvalue weighted by atomic mass is 127. The van der Waals surface area contributed by atoms with Gasteiger partial charge >= 0.3 is 11.9 Å². The zero-order valence-corrected chi connectivity index (χ0v) is 25.3. The summed E-state index contributed by atoms with van der Waals surface area (Å²) < 4.78 is 25.4. The van der Waals surface area contributed by atoms with E-state index < -0.39 is 53.6 Å². The molecule has 3 aliphatic carbocycles. The van der Waals surface area contributed by atoms with E-state index in [1.165, 1.54) is 0 Å². The number of rotatable bonds is 10. The summed E-state index contributed by atoms with van der Waals surface area (Å²) in [5, 5.41) is 12.7. The van der Waals surface area contributed by atoms with Gasteiger partial charge in [0.1, 0.15) is 23.9 Å². The highest BCUT2D eigenvalue weighted by molar-refractivity contribution is 14.1. The van der Waals surface area contributed by atoms with Gasteiger partial charge in [0, 0.05) is 33.8 Å². The Hall–Kier alpha value is -2.02. The van der Waals surface area contributed by atoms with Crippen molar-refractivity contribution in [1.29, 1.82) is 0 Å². The first kappa shape index (κ1) is 29.5. The van der Waals surface area contributed by atoms with Gasteiger partial charge in [-0.3, -0.25) is 9.59 Å². The van der Waals surface area contributed by atoms with Crippen molar-refractivity contribution in [1.82, 2.24) is 5.32 Å². The van der Waals surface area contributed by atoms with Gasteiger partial charge in [-0.05, 0) is 93.7 Å². The van der Waals surface area contributed by atoms with Crippen LogP contribution >= 0.6 is 22.6 Å². The zero-order chi connectivity index (χ0) is 28.7. The molecule has 4 atom stereocenters. The van der Waals surface area contributed by atoms with Gasteiger partial charge in [-0.1, -0.05) is 12.1 Å². The van der Waals surface area contributed by atoms with E-state index in [9.17, 15) is 19.5 Å². The summed E-state index contributed by atoms with van der Waals surface area (Å²) in [5.74, 6) is -1.32. The molecule has 5 rings (SSSR count). The quantitative estimate of drug-likeness (QED) is 0.284. The molecule has 10 heteroatoms. The molecule has 1 heterocycles. The van der Waals surface area contributed by atoms with Crippen LogP contribution in [0.4, 0.5) is 0 Å². The number of carbonyl (C=O) groups is 3. The summed E-state index contributed by atoms with van der Waals surface area (Å²) in [6, 6.07) is 6.56. The summed E-state index contributed by atoms with van der Waals surface area (Å²) in [6.07, 6.45) is 4.62. The molecule has 1 aliphatic heterocycles. The summed E-state index contributed by atoms with van der Waals surface area (Å²) in [6.45, 7) is 5.04. The lowest BCUT2D eigenvalue weighted by Crippen LogP contribution is -2.45. The van der Waals surface area contributed by atoms with Crippen molar-refractivity contribution in [2.45, 2.75) is 101 Å². The molecule has 0 aromatic heterocycles. The molecule has 1 aromatic carbocycles. The molecule has 0 spiro atoms. The number of hydrogen-bond acceptors (Lipinski definition) is 8. The maximum Gasteiger partial charge on any atom is 0.339 e. The lowest BCUT2D eigenvalue weighted by atomic mass is 9.91. The second-order valence-corrected chi connectivity index (χ2v) is 13.4. The monoisotopic (exact) mass is 667 g/mol. The van der Waals surface area contributed by atoms with Crippen molar-refractivity contribution >= 4 is 40.4 Å². The third-order valence-electron chi connectivity index (χ3n) is 7.73. The average Bonchev–Trinajstić information content (AvgIpc) is 3.82. The van der Waals surface area contributed by atoms with Crippen LogP contribution in [0, 0.1) is 15.4 Å². The number of amides is 1. The Morgan fingerprint density at radius 2 is 1.80 bits per heavy atom. The molecule has 2 N–H and O–H groups in total. The third kappa shape index (κ3) is 6.71. The van der Waals surface area contributed by atoms with E-state index in [0.29, 0.717) is 23.0 Å². The van der Waals surface area contributed by atoms with Crippen molar-refractivity contribution in [2.75, 3.05) is 6.61 Å². The third-order valence-corrected chi connectivity index (χ3v) is 8.67. The van der Waals surface area contributed by atoms with E-state index in [-0.39, 0.29) is 25.9 Å². The van der Waals surface area contributed by atoms with Crippen LogP contribution < -0.4 is 5.32 Å². The summed E-state index contributed by atoms with van der Waals surface area (Å²) in [4.78, 5) is 38.8. The van der Waals surface area contributed by atoms with Gasteiger partial charge in [0.2, 0.25) is 5.91 Å². The number of esters is 2. The molecule has 0 radical (unpaired) electrons. The van der Waals surface area contributed by atoms with Crippen LogP contribution in [0.1, 0.15) is 76.1 Å². The molecule has 1 amide bonds. The molecule has 218 valence electrons. The summed E-state index contributed by atoms with van der Waals surface area (Å²) in [5.41, 5.74) is 0.253. The molecular weight excluding hydrogens is 629 g/mol. The minimum absolute atomic E-state index is 0.0602. The molecule has 1 aromatic rings. The molecule has 1 saturated heterocycles. The van der Waals surface area contributed by atoms with E-state index in [2.05, 4.69) is 27.9 Å². The van der Waals surface area contributed by atoms with Gasteiger partial charge in [-0.25, -0.2) is 4.79 Å². The zero-order valence-electron chi connectivity index (χ0n) is 23.2. The predicted octanol–water partition coefficient (Wildman–Crippen LogP) is 4.05. The minimum atomic E-state index is -0.715. The first-order valence-electron chi connectivity index (χ1n) is 14.1. The lowest BCUT2D eigenvalue weighted by Gasteiger charge is -2.31. The Kier molecular flexibility index (Phi) is 8.62. The molecule has 4 unspecified atom stereocenters. The van der Waals surface area contributed by atoms with Gasteiger partial charge in [0.15, 0.2) is 5.79 Å². The van der Waals surface area contributed by atoms with Crippen LogP contribution in [0.3, 0.4) is 0 Å². The van der Waals surface area contributed by atoms with Gasteiger partial charge < -0.3 is 29.4 Å². The van der Waals surface area contributed by atoms with Crippen LogP contribution in [-0.2, 0) is 28.5 Å². The Morgan fingerprint density at radius 1 is 1.12 bits per heavy atom. The predicted molar refractivity (Wildman–Crippen MR) is 153 cm³/mol. The highest BCUT2D eigenvalue weighted by Gasteiger charge is 2.64. The number of benzene rings is 1. The summed E-state index contributed by atoms with van der Waals surface area (Å²) >= 11 is 2.10. The van der Waals surface area contributed by atoms with Gasteiger partial charge in [0.05, 0.1) is 18.2 Å². The molecule has 0 bridgehead atoms. The Bertz CT molecular complexity index is 1160. The van der Waals surface area contributed by atoms with Crippen LogP contribution in [-0.4, -0.2) is 65.3 Å². The molecular formula is C30H38INO8. The van der Waals surface area contributed by atoms with Crippen LogP contribution in [0.15, 0.2) is 35.9 Å². The van der Waals surface area contributed by atoms with E-state index in [1.54, 1.807) is 39.0 Å². The fraction of sp³-hybridized carbons (Fsp3) is 0.633. The first-order chi connectivity index (χ1) is 19.0. The smallest absolute Gasteiger partial charge is 0.339 e. The number of fused-ring (bicyclic) bond motifs is 1. The minimum Gasteiger partial charge on any atom is -0.460 e. The maximum absolute atomic E-state index is 13.4. The van der Waals surface area contributed by atoms with Crippen molar-refractivity contribution in [3.05, 3.63) is 45.0 Å². The maximum atomic E-state index is 13.4. The summed E-state index contributed by atoms with van der Waals surface area (Å²) in [7, 11) is 0. The number of ether oxygens (including phenoxy) is 4. The van der Waals surface area contributed by atoms with Crippen molar-refractivity contribution in [3.8, 4) is 0 Å². The van der Waals surface area contributed by atoms with Crippen LogP contribution in [0.5, 0.6) is 0 Å². The van der Waals surface area contributed by atoms with Crippen molar-refractivity contribution < 1.29 is 38.4 Å². The van der Waals surface area contributed by atoms with Crippen molar-refractivity contribution in [3.63, 3.8) is 0 Å². The fourth-order valence-corrected chi connectivity index (χ4v) is 6.18. The van der Waals surface area contributed by atoms with Crippen LogP contribution in [0.25, 0.3) is 0 Å². The van der Waals surface area contributed by atoms with E-state index in [0.717, 1.165) is 29.3 Å². The Balaban J connectivity index is 1.31. The SMILES string of the molecule is CC(C)(C)OC(=O)CCC(CO)NC(=O)C1=CC2OC(C3CC3)(C3CC3)OC2C(OC(=O)c2ccccc2I)C1. The largest absolute Gasteiger partial charge is 0.460 e. The van der Waals surface area contributed by atoms with Gasteiger partial charge in [-0.15, -0.1) is 0 Å². The van der Waals surface area contributed by atoms with Gasteiger partial charge in [-0.2, -0.15) is 0 Å². The number of aliphatic hydroxyl groups is 1. The second-order valence-electron chi connectivity index (χ2n) is 12.2. The number of aliphatic hydroxyl groups excluding tert-OH is 1. The fourth-order valence-electron chi connectivity index (χ4n) is 5.57. The standard InChI is InChI=1S/C30H38INO8/c1-29(2,3)39-25(34)13-12-20(16-33)32-27(35)17-14-23(37-28(36)21-6-4-5-7-22(21)31)26-24(15-17)38-30(40-26,18-8-9-18)19-10-11-19/h4-7,15,18-20,23-24,26,33H,8-14,16H2,1-3H3,(H,32,35). The molecule has 4 aliphatic rings. The normalized spacial score (nSPS) is 26.3. The number of nitrogens with one attached hydrogen (secondary N) is 1. The number of carbonyl (C=O) groups excluding carboxylic acids is 3. The van der Waals surface area contributed by atoms with Gasteiger partial charge in [0.25, 0.3) is 0 Å². The van der Waals surface area contributed by atoms with E-state index in [1.807, 2.05) is 12.1 Å².